The summed E-state index contributed by atoms with van der Waals surface area (Å²) in [6.07, 6.45) is 3.10. The van der Waals surface area contributed by atoms with Crippen molar-refractivity contribution in [3.8, 4) is 11.9 Å². The van der Waals surface area contributed by atoms with Crippen LogP contribution in [0.3, 0.4) is 0 Å². The number of fused-ring (bicyclic) bond motifs is 3. The van der Waals surface area contributed by atoms with Gasteiger partial charge in [0.05, 0.1) is 18.2 Å². The van der Waals surface area contributed by atoms with Crippen LogP contribution in [-0.2, 0) is 17.9 Å². The number of hydrogen-bond acceptors (Lipinski definition) is 6. The van der Waals surface area contributed by atoms with Crippen LogP contribution in [-0.4, -0.2) is 46.0 Å². The molecule has 3 aliphatic rings. The molecule has 3 heterocycles. The first-order chi connectivity index (χ1) is 15.0. The first kappa shape index (κ1) is 19.5. The number of carbonyl (C=O) groups excluding carboxylic acids is 1. The summed E-state index contributed by atoms with van der Waals surface area (Å²) in [5, 5.41) is 8.96. The van der Waals surface area contributed by atoms with Crippen LogP contribution < -0.4 is 15.3 Å². The van der Waals surface area contributed by atoms with E-state index in [2.05, 4.69) is 9.88 Å². The second kappa shape index (κ2) is 7.69. The molecule has 0 radical (unpaired) electrons. The number of nitriles is 1. The van der Waals surface area contributed by atoms with E-state index in [-0.39, 0.29) is 35.9 Å². The van der Waals surface area contributed by atoms with Crippen LogP contribution in [0.4, 0.5) is 10.2 Å². The Hall–Kier alpha value is -3.41. The first-order valence-corrected chi connectivity index (χ1v) is 10.5. The van der Waals surface area contributed by atoms with Crippen molar-refractivity contribution in [2.24, 2.45) is 5.92 Å². The molecule has 1 aliphatic carbocycles. The molecule has 1 unspecified atom stereocenters. The van der Waals surface area contributed by atoms with E-state index in [9.17, 15) is 14.0 Å². The molecule has 0 bridgehead atoms. The van der Waals surface area contributed by atoms with E-state index >= 15 is 0 Å². The van der Waals surface area contributed by atoms with Gasteiger partial charge in [-0.15, -0.1) is 0 Å². The van der Waals surface area contributed by atoms with Crippen molar-refractivity contribution in [3.63, 3.8) is 0 Å². The molecule has 160 valence electrons. The molecule has 8 nitrogen and oxygen atoms in total. The predicted octanol–water partition coefficient (Wildman–Crippen LogP) is 1.66. The molecule has 2 aromatic rings. The van der Waals surface area contributed by atoms with E-state index in [1.54, 1.807) is 16.7 Å². The van der Waals surface area contributed by atoms with E-state index in [0.29, 0.717) is 31.7 Å². The zero-order valence-electron chi connectivity index (χ0n) is 17.0. The second-order valence-electron chi connectivity index (χ2n) is 8.32. The predicted molar refractivity (Wildman–Crippen MR) is 109 cm³/mol. The average Bonchev–Trinajstić information content (AvgIpc) is 3.10. The molecular weight excluding hydrogens is 401 g/mol. The fourth-order valence-electron chi connectivity index (χ4n) is 4.50. The van der Waals surface area contributed by atoms with Crippen molar-refractivity contribution < 1.29 is 13.9 Å². The third kappa shape index (κ3) is 3.52. The summed E-state index contributed by atoms with van der Waals surface area (Å²) in [5.41, 5.74) is 0.164. The topological polar surface area (TPSA) is 91.5 Å². The minimum absolute atomic E-state index is 0.0535. The molecule has 1 saturated carbocycles. The van der Waals surface area contributed by atoms with Crippen LogP contribution in [0.1, 0.15) is 30.4 Å². The van der Waals surface area contributed by atoms with Crippen molar-refractivity contribution in [2.45, 2.75) is 38.5 Å². The van der Waals surface area contributed by atoms with Crippen molar-refractivity contribution in [1.82, 2.24) is 14.5 Å². The average molecular weight is 423 g/mol. The van der Waals surface area contributed by atoms with Crippen LogP contribution in [0.25, 0.3) is 0 Å². The van der Waals surface area contributed by atoms with Crippen LogP contribution in [0.15, 0.2) is 29.1 Å². The molecular formula is C22H22FN5O3. The van der Waals surface area contributed by atoms with Gasteiger partial charge in [-0.2, -0.15) is 10.2 Å². The SMILES string of the molecule is N#Cc1cc(COc2cc3n(c(=O)n2)CC2CN(C(=O)C4CCC4)CCN32)ccc1F. The van der Waals surface area contributed by atoms with Gasteiger partial charge < -0.3 is 14.5 Å². The smallest absolute Gasteiger partial charge is 0.352 e. The number of nitrogens with zero attached hydrogens (tertiary/aromatic N) is 5. The van der Waals surface area contributed by atoms with Gasteiger partial charge in [0.1, 0.15) is 24.3 Å². The Morgan fingerprint density at radius 3 is 2.84 bits per heavy atom. The normalized spacial score (nSPS) is 19.9. The number of anilines is 1. The maximum Gasteiger partial charge on any atom is 0.352 e. The standard InChI is InChI=1S/C22H22FN5O3/c23-18-5-4-14(8-16(18)10-24)13-31-19-9-20-27-7-6-26(21(29)15-2-1-3-15)11-17(27)12-28(20)22(30)25-19/h4-5,8-9,15,17H,1-3,6-7,11-13H2. The highest BCUT2D eigenvalue weighted by Crippen LogP contribution is 2.32. The van der Waals surface area contributed by atoms with Crippen molar-refractivity contribution in [3.05, 3.63) is 51.7 Å². The molecule has 9 heteroatoms. The van der Waals surface area contributed by atoms with E-state index in [4.69, 9.17) is 10.00 Å². The van der Waals surface area contributed by atoms with Crippen molar-refractivity contribution >= 4 is 11.7 Å². The second-order valence-corrected chi connectivity index (χ2v) is 8.32. The lowest BCUT2D eigenvalue weighted by molar-refractivity contribution is -0.139. The Labute approximate surface area is 178 Å². The summed E-state index contributed by atoms with van der Waals surface area (Å²) in [7, 11) is 0. The highest BCUT2D eigenvalue weighted by Gasteiger charge is 2.39. The molecule has 0 spiro atoms. The fourth-order valence-corrected chi connectivity index (χ4v) is 4.50. The molecule has 1 aromatic carbocycles. The quantitative estimate of drug-likeness (QED) is 0.743. The molecule has 1 atom stereocenters. The van der Waals surface area contributed by atoms with Gasteiger partial charge in [0, 0.05) is 31.6 Å². The summed E-state index contributed by atoms with van der Waals surface area (Å²) in [6.45, 7) is 2.48. The van der Waals surface area contributed by atoms with Crippen LogP contribution in [0, 0.1) is 23.1 Å². The first-order valence-electron chi connectivity index (χ1n) is 10.5. The van der Waals surface area contributed by atoms with E-state index < -0.39 is 11.5 Å². The van der Waals surface area contributed by atoms with Gasteiger partial charge in [-0.05, 0) is 30.5 Å². The summed E-state index contributed by atoms with van der Waals surface area (Å²) in [4.78, 5) is 33.3. The van der Waals surface area contributed by atoms with Crippen LogP contribution in [0.5, 0.6) is 5.88 Å². The number of piperazine rings is 1. The number of amides is 1. The summed E-state index contributed by atoms with van der Waals surface area (Å²) < 4.78 is 20.8. The molecule has 31 heavy (non-hydrogen) atoms. The molecule has 2 fully saturated rings. The summed E-state index contributed by atoms with van der Waals surface area (Å²) >= 11 is 0. The minimum atomic E-state index is -0.582. The number of rotatable bonds is 4. The van der Waals surface area contributed by atoms with Gasteiger partial charge in [-0.25, -0.2) is 9.18 Å². The van der Waals surface area contributed by atoms with Gasteiger partial charge in [0.15, 0.2) is 0 Å². The van der Waals surface area contributed by atoms with Gasteiger partial charge >= 0.3 is 5.69 Å². The number of hydrogen-bond donors (Lipinski definition) is 0. The van der Waals surface area contributed by atoms with E-state index in [0.717, 1.165) is 25.1 Å². The van der Waals surface area contributed by atoms with E-state index in [1.807, 2.05) is 4.90 Å². The Morgan fingerprint density at radius 1 is 1.26 bits per heavy atom. The number of carbonyl (C=O) groups is 1. The maximum absolute atomic E-state index is 13.5. The van der Waals surface area contributed by atoms with E-state index in [1.165, 1.54) is 18.2 Å². The number of benzene rings is 1. The molecule has 1 saturated heterocycles. The highest BCUT2D eigenvalue weighted by atomic mass is 19.1. The molecule has 1 aromatic heterocycles. The molecule has 1 amide bonds. The minimum Gasteiger partial charge on any atom is -0.473 e. The lowest BCUT2D eigenvalue weighted by Crippen LogP contribution is -2.55. The zero-order chi connectivity index (χ0) is 21.5. The van der Waals surface area contributed by atoms with Gasteiger partial charge in [-0.3, -0.25) is 9.36 Å². The zero-order valence-corrected chi connectivity index (χ0v) is 17.0. The number of aromatic nitrogens is 2. The lowest BCUT2D eigenvalue weighted by atomic mass is 9.84. The Balaban J connectivity index is 1.30. The van der Waals surface area contributed by atoms with Gasteiger partial charge in [0.25, 0.3) is 0 Å². The largest absolute Gasteiger partial charge is 0.473 e. The molecule has 5 rings (SSSR count). The monoisotopic (exact) mass is 423 g/mol. The Kier molecular flexibility index (Phi) is 4.85. The molecule has 2 aliphatic heterocycles. The highest BCUT2D eigenvalue weighted by molar-refractivity contribution is 5.80. The molecule has 0 N–H and O–H groups in total. The summed E-state index contributed by atoms with van der Waals surface area (Å²) in [5.74, 6) is 0.765. The Morgan fingerprint density at radius 2 is 2.10 bits per heavy atom. The lowest BCUT2D eigenvalue weighted by Gasteiger charge is -2.40. The van der Waals surface area contributed by atoms with Crippen molar-refractivity contribution in [2.75, 3.05) is 24.5 Å². The van der Waals surface area contributed by atoms with Crippen molar-refractivity contribution in [1.29, 1.82) is 5.26 Å². The van der Waals surface area contributed by atoms with Gasteiger partial charge in [0.2, 0.25) is 11.8 Å². The third-order valence-corrected chi connectivity index (χ3v) is 6.44. The van der Waals surface area contributed by atoms with Crippen LogP contribution in [0.2, 0.25) is 0 Å². The Bertz CT molecular complexity index is 1140. The number of ether oxygens (including phenoxy) is 1. The maximum atomic E-state index is 13.5. The third-order valence-electron chi connectivity index (χ3n) is 6.44. The number of halogens is 1. The fraction of sp³-hybridized carbons (Fsp3) is 0.455. The van der Waals surface area contributed by atoms with Gasteiger partial charge in [-0.1, -0.05) is 12.5 Å². The summed E-state index contributed by atoms with van der Waals surface area (Å²) in [6, 6.07) is 7.76. The van der Waals surface area contributed by atoms with Crippen LogP contribution >= 0.6 is 0 Å².